The van der Waals surface area contributed by atoms with E-state index in [2.05, 4.69) is 52.8 Å². The fraction of sp³-hybridized carbons (Fsp3) is 0.750. The monoisotopic (exact) mass is 534 g/mol. The molecule has 0 heterocycles. The Labute approximate surface area is 237 Å². The lowest BCUT2D eigenvalue weighted by Crippen LogP contribution is -2.55. The topological polar surface area (TPSA) is 57.5 Å². The van der Waals surface area contributed by atoms with Crippen LogP contribution in [0.2, 0.25) is 0 Å². The minimum atomic E-state index is -0.730. The maximum absolute atomic E-state index is 12.2. The van der Waals surface area contributed by atoms with Crippen LogP contribution < -0.4 is 0 Å². The largest absolute Gasteiger partial charge is 0.481 e. The van der Waals surface area contributed by atoms with Crippen molar-refractivity contribution in [2.75, 3.05) is 0 Å². The van der Waals surface area contributed by atoms with E-state index in [1.807, 2.05) is 18.2 Å². The number of hydrogen-bond acceptors (Lipinski definition) is 2. The third kappa shape index (κ3) is 5.27. The van der Waals surface area contributed by atoms with E-state index in [1.54, 1.807) is 0 Å². The summed E-state index contributed by atoms with van der Waals surface area (Å²) in [5.74, 6) is 3.82. The van der Waals surface area contributed by atoms with Gasteiger partial charge in [-0.1, -0.05) is 95.9 Å². The number of aliphatic hydroxyl groups is 1. The molecular formula is C36H54O3. The second-order valence-corrected chi connectivity index (χ2v) is 15.0. The normalized spacial score (nSPS) is 39.3. The van der Waals surface area contributed by atoms with Crippen molar-refractivity contribution >= 4 is 5.97 Å². The van der Waals surface area contributed by atoms with Crippen LogP contribution in [-0.2, 0) is 4.79 Å². The Morgan fingerprint density at radius 3 is 2.44 bits per heavy atom. The molecule has 2 unspecified atom stereocenters. The molecule has 2 N–H and O–H groups in total. The first kappa shape index (κ1) is 28.9. The zero-order chi connectivity index (χ0) is 27.9. The summed E-state index contributed by atoms with van der Waals surface area (Å²) < 4.78 is 0. The van der Waals surface area contributed by atoms with Crippen molar-refractivity contribution in [2.24, 2.45) is 52.3 Å². The number of fused-ring (bicyclic) bond motifs is 5. The molecule has 0 saturated heterocycles. The average Bonchev–Trinajstić information content (AvgIpc) is 3.25. The molecule has 39 heavy (non-hydrogen) atoms. The predicted molar refractivity (Wildman–Crippen MR) is 159 cm³/mol. The van der Waals surface area contributed by atoms with Crippen LogP contribution in [0.5, 0.6) is 0 Å². The SMILES string of the molecule is CC(C)CCC[C@@H](C)[C@H]1CC[C@H]2[C@@H]3CC=C4C[C@@H](O)CC(C(CC(=O)O)c5ccccc5)[C@]4(C)[C@H]3CC[C@]12C. The summed E-state index contributed by atoms with van der Waals surface area (Å²) in [5, 5.41) is 21.1. The van der Waals surface area contributed by atoms with Crippen LogP contribution in [0.4, 0.5) is 0 Å². The number of hydrogen-bond donors (Lipinski definition) is 2. The maximum atomic E-state index is 12.2. The Morgan fingerprint density at radius 2 is 1.74 bits per heavy atom. The van der Waals surface area contributed by atoms with Gasteiger partial charge in [0.25, 0.3) is 0 Å². The van der Waals surface area contributed by atoms with Gasteiger partial charge >= 0.3 is 5.97 Å². The van der Waals surface area contributed by atoms with Crippen molar-refractivity contribution in [1.29, 1.82) is 0 Å². The van der Waals surface area contributed by atoms with Crippen molar-refractivity contribution in [1.82, 2.24) is 0 Å². The molecule has 3 heteroatoms. The second-order valence-electron chi connectivity index (χ2n) is 15.0. The molecule has 0 amide bonds. The highest BCUT2D eigenvalue weighted by Gasteiger charge is 2.61. The minimum absolute atomic E-state index is 0.0413. The molecule has 0 aromatic heterocycles. The second kappa shape index (κ2) is 11.3. The van der Waals surface area contributed by atoms with E-state index in [-0.39, 0.29) is 29.8 Å². The molecular weight excluding hydrogens is 480 g/mol. The van der Waals surface area contributed by atoms with Gasteiger partial charge in [-0.25, -0.2) is 0 Å². The van der Waals surface area contributed by atoms with Gasteiger partial charge in [0.2, 0.25) is 0 Å². The van der Waals surface area contributed by atoms with Gasteiger partial charge in [0.15, 0.2) is 0 Å². The minimum Gasteiger partial charge on any atom is -0.481 e. The van der Waals surface area contributed by atoms with Crippen molar-refractivity contribution in [3.8, 4) is 0 Å². The molecule has 1 aromatic carbocycles. The van der Waals surface area contributed by atoms with Crippen LogP contribution in [-0.4, -0.2) is 22.3 Å². The highest BCUT2D eigenvalue weighted by Crippen LogP contribution is 2.69. The van der Waals surface area contributed by atoms with Crippen molar-refractivity contribution in [3.05, 3.63) is 47.5 Å². The quantitative estimate of drug-likeness (QED) is 0.311. The number of carboxylic acid groups (broad SMARTS) is 1. The smallest absolute Gasteiger partial charge is 0.303 e. The van der Waals surface area contributed by atoms with E-state index < -0.39 is 5.97 Å². The van der Waals surface area contributed by atoms with Crippen molar-refractivity contribution in [2.45, 2.75) is 117 Å². The number of carbonyl (C=O) groups is 1. The molecule has 4 aliphatic carbocycles. The number of rotatable bonds is 9. The van der Waals surface area contributed by atoms with Gasteiger partial charge in [0.1, 0.15) is 0 Å². The zero-order valence-corrected chi connectivity index (χ0v) is 25.2. The molecule has 0 spiro atoms. The molecule has 1 aromatic rings. The summed E-state index contributed by atoms with van der Waals surface area (Å²) in [7, 11) is 0. The molecule has 0 radical (unpaired) electrons. The summed E-state index contributed by atoms with van der Waals surface area (Å²) in [4.78, 5) is 12.2. The van der Waals surface area contributed by atoms with E-state index >= 15 is 0 Å². The Balaban J connectivity index is 1.44. The number of aliphatic carboxylic acids is 1. The van der Waals surface area contributed by atoms with Crippen LogP contribution in [0.15, 0.2) is 42.0 Å². The highest BCUT2D eigenvalue weighted by molar-refractivity contribution is 5.68. The molecule has 10 atom stereocenters. The highest BCUT2D eigenvalue weighted by atomic mass is 16.4. The molecule has 4 aliphatic rings. The van der Waals surface area contributed by atoms with E-state index in [4.69, 9.17) is 0 Å². The van der Waals surface area contributed by atoms with E-state index in [0.717, 1.165) is 42.1 Å². The average molecular weight is 535 g/mol. The maximum Gasteiger partial charge on any atom is 0.303 e. The molecule has 3 fully saturated rings. The van der Waals surface area contributed by atoms with Crippen molar-refractivity contribution < 1.29 is 15.0 Å². The summed E-state index contributed by atoms with van der Waals surface area (Å²) in [5.41, 5.74) is 2.95. The molecule has 0 aliphatic heterocycles. The van der Waals surface area contributed by atoms with Gasteiger partial charge < -0.3 is 10.2 Å². The molecule has 3 nitrogen and oxygen atoms in total. The van der Waals surface area contributed by atoms with Crippen LogP contribution >= 0.6 is 0 Å². The van der Waals surface area contributed by atoms with E-state index in [9.17, 15) is 15.0 Å². The molecule has 5 rings (SSSR count). The number of allylic oxidation sites excluding steroid dienone is 1. The first-order chi connectivity index (χ1) is 18.6. The summed E-state index contributed by atoms with van der Waals surface area (Å²) in [6.45, 7) is 12.4. The third-order valence-corrected chi connectivity index (χ3v) is 12.6. The number of aliphatic hydroxyl groups excluding tert-OH is 1. The number of carboxylic acids is 1. The lowest BCUT2D eigenvalue weighted by atomic mass is 9.43. The Bertz CT molecular complexity index is 1030. The lowest BCUT2D eigenvalue weighted by Gasteiger charge is -2.61. The number of benzene rings is 1. The van der Waals surface area contributed by atoms with Gasteiger partial charge in [-0.05, 0) is 109 Å². The fourth-order valence-electron chi connectivity index (χ4n) is 10.8. The zero-order valence-electron chi connectivity index (χ0n) is 25.2. The standard InChI is InChI=1S/C36H54O3/c1-23(2)10-9-11-24(3)30-16-17-31-28-15-14-26-20-27(37)21-33(36(26,5)32(28)18-19-35(30,31)4)29(22-34(38)39)25-12-7-6-8-13-25/h6-8,12-14,23-24,27-33,37H,9-11,15-22H2,1-5H3,(H,38,39)/t24-,27-,28+,29?,30-,31+,32+,33?,35-,36+/m1/s1. The Morgan fingerprint density at radius 1 is 1.00 bits per heavy atom. The van der Waals surface area contributed by atoms with Crippen LogP contribution in [0.1, 0.15) is 117 Å². The first-order valence-corrected chi connectivity index (χ1v) is 16.2. The summed E-state index contributed by atoms with van der Waals surface area (Å²) in [6.07, 6.45) is 14.3. The fourth-order valence-corrected chi connectivity index (χ4v) is 10.8. The van der Waals surface area contributed by atoms with Crippen LogP contribution in [0.3, 0.4) is 0 Å². The molecule has 3 saturated carbocycles. The predicted octanol–water partition coefficient (Wildman–Crippen LogP) is 8.87. The van der Waals surface area contributed by atoms with Gasteiger partial charge in [-0.15, -0.1) is 0 Å². The third-order valence-electron chi connectivity index (χ3n) is 12.6. The van der Waals surface area contributed by atoms with Gasteiger partial charge in [-0.2, -0.15) is 0 Å². The van der Waals surface area contributed by atoms with Gasteiger partial charge in [0, 0.05) is 0 Å². The van der Waals surface area contributed by atoms with E-state index in [1.165, 1.54) is 50.5 Å². The summed E-state index contributed by atoms with van der Waals surface area (Å²) in [6, 6.07) is 10.3. The van der Waals surface area contributed by atoms with Crippen molar-refractivity contribution in [3.63, 3.8) is 0 Å². The van der Waals surface area contributed by atoms with Gasteiger partial charge in [-0.3, -0.25) is 4.79 Å². The Kier molecular flexibility index (Phi) is 8.41. The molecule has 216 valence electrons. The van der Waals surface area contributed by atoms with Gasteiger partial charge in [0.05, 0.1) is 12.5 Å². The van der Waals surface area contributed by atoms with E-state index in [0.29, 0.717) is 23.7 Å². The first-order valence-electron chi connectivity index (χ1n) is 16.2. The lowest BCUT2D eigenvalue weighted by molar-refractivity contribution is -0.139. The Hall–Kier alpha value is -1.61. The van der Waals surface area contributed by atoms with Crippen LogP contribution in [0.25, 0.3) is 0 Å². The van der Waals surface area contributed by atoms with Crippen LogP contribution in [0, 0.1) is 52.3 Å². The summed E-state index contributed by atoms with van der Waals surface area (Å²) >= 11 is 0. The molecule has 0 bridgehead atoms.